The van der Waals surface area contributed by atoms with Gasteiger partial charge >= 0.3 is 5.97 Å². The number of unbranched alkanes of at least 4 members (excludes halogenated alkanes) is 1. The zero-order valence-corrected chi connectivity index (χ0v) is 22.4. The van der Waals surface area contributed by atoms with Crippen LogP contribution >= 0.6 is 11.6 Å². The van der Waals surface area contributed by atoms with Crippen LogP contribution in [0.15, 0.2) is 48.6 Å². The van der Waals surface area contributed by atoms with Crippen molar-refractivity contribution in [3.05, 3.63) is 75.8 Å². The summed E-state index contributed by atoms with van der Waals surface area (Å²) in [5.41, 5.74) is 5.41. The van der Waals surface area contributed by atoms with Gasteiger partial charge in [-0.1, -0.05) is 75.6 Å². The fourth-order valence-electron chi connectivity index (χ4n) is 5.14. The second-order valence-electron chi connectivity index (χ2n) is 10.2. The highest BCUT2D eigenvalue weighted by atomic mass is 35.5. The minimum atomic E-state index is -0.992. The number of halogens is 1. The predicted molar refractivity (Wildman–Crippen MR) is 143 cm³/mol. The van der Waals surface area contributed by atoms with Crippen LogP contribution in [0, 0.1) is 12.8 Å². The SMILES string of the molecule is C=C(C)[C@@H]1C[C@@H](c2ccc(Cl)cc2)[C@@H](CCCC)O[C@H]1c1c(C)cc(C(C)C)cc1OCC(=O)O. The Kier molecular flexibility index (Phi) is 9.43. The van der Waals surface area contributed by atoms with Crippen molar-refractivity contribution in [1.29, 1.82) is 0 Å². The molecule has 4 nitrogen and oxygen atoms in total. The second-order valence-corrected chi connectivity index (χ2v) is 10.6. The van der Waals surface area contributed by atoms with E-state index in [1.807, 2.05) is 18.2 Å². The maximum atomic E-state index is 11.4. The van der Waals surface area contributed by atoms with E-state index in [9.17, 15) is 9.90 Å². The van der Waals surface area contributed by atoms with E-state index in [2.05, 4.69) is 59.4 Å². The Labute approximate surface area is 215 Å². The van der Waals surface area contributed by atoms with Gasteiger partial charge in [0.25, 0.3) is 0 Å². The highest BCUT2D eigenvalue weighted by Crippen LogP contribution is 2.50. The van der Waals surface area contributed by atoms with Crippen LogP contribution < -0.4 is 4.74 Å². The van der Waals surface area contributed by atoms with Gasteiger partial charge in [-0.25, -0.2) is 4.79 Å². The zero-order valence-electron chi connectivity index (χ0n) is 21.6. The van der Waals surface area contributed by atoms with Crippen LogP contribution in [0.5, 0.6) is 5.75 Å². The summed E-state index contributed by atoms with van der Waals surface area (Å²) in [5, 5.41) is 10.0. The molecule has 1 fully saturated rings. The lowest BCUT2D eigenvalue weighted by Crippen LogP contribution is -2.36. The summed E-state index contributed by atoms with van der Waals surface area (Å²) >= 11 is 6.17. The molecule has 4 atom stereocenters. The molecule has 0 radical (unpaired) electrons. The molecule has 2 aromatic rings. The Bertz CT molecular complexity index is 1030. The minimum Gasteiger partial charge on any atom is -0.482 e. The third kappa shape index (κ3) is 6.68. The summed E-state index contributed by atoms with van der Waals surface area (Å²) < 4.78 is 12.8. The highest BCUT2D eigenvalue weighted by Gasteiger charge is 2.41. The Morgan fingerprint density at radius 1 is 1.26 bits per heavy atom. The Balaban J connectivity index is 2.07. The second kappa shape index (κ2) is 12.1. The van der Waals surface area contributed by atoms with E-state index in [0.29, 0.717) is 11.7 Å². The molecule has 0 saturated carbocycles. The fourth-order valence-corrected chi connectivity index (χ4v) is 5.27. The van der Waals surface area contributed by atoms with Crippen LogP contribution in [0.3, 0.4) is 0 Å². The van der Waals surface area contributed by atoms with Crippen molar-refractivity contribution in [2.45, 2.75) is 84.3 Å². The van der Waals surface area contributed by atoms with Crippen LogP contribution in [-0.2, 0) is 9.53 Å². The average Bonchev–Trinajstić information content (AvgIpc) is 2.81. The molecule has 2 aromatic carbocycles. The largest absolute Gasteiger partial charge is 0.482 e. The zero-order chi connectivity index (χ0) is 25.7. The van der Waals surface area contributed by atoms with E-state index in [1.165, 1.54) is 5.56 Å². The van der Waals surface area contributed by atoms with Gasteiger partial charge in [0, 0.05) is 22.4 Å². The summed E-state index contributed by atoms with van der Waals surface area (Å²) in [6, 6.07) is 12.3. The molecule has 1 heterocycles. The summed E-state index contributed by atoms with van der Waals surface area (Å²) in [4.78, 5) is 11.4. The molecule has 0 bridgehead atoms. The smallest absolute Gasteiger partial charge is 0.341 e. The van der Waals surface area contributed by atoms with E-state index < -0.39 is 5.97 Å². The molecular weight excluding hydrogens is 460 g/mol. The number of aliphatic carboxylic acids is 1. The van der Waals surface area contributed by atoms with Gasteiger partial charge in [0.1, 0.15) is 5.75 Å². The normalized spacial score (nSPS) is 22.3. The summed E-state index contributed by atoms with van der Waals surface area (Å²) in [5.74, 6) is 0.213. The number of hydrogen-bond donors (Lipinski definition) is 1. The van der Waals surface area contributed by atoms with Crippen molar-refractivity contribution in [2.24, 2.45) is 5.92 Å². The van der Waals surface area contributed by atoms with Crippen molar-refractivity contribution in [2.75, 3.05) is 6.61 Å². The molecule has 0 aromatic heterocycles. The van der Waals surface area contributed by atoms with Crippen molar-refractivity contribution < 1.29 is 19.4 Å². The minimum absolute atomic E-state index is 0.0354. The topological polar surface area (TPSA) is 55.8 Å². The van der Waals surface area contributed by atoms with E-state index in [1.54, 1.807) is 0 Å². The monoisotopic (exact) mass is 498 g/mol. The molecule has 5 heteroatoms. The molecule has 1 aliphatic rings. The lowest BCUT2D eigenvalue weighted by Gasteiger charge is -2.43. The van der Waals surface area contributed by atoms with Crippen molar-refractivity contribution in [3.8, 4) is 5.75 Å². The molecule has 1 aliphatic heterocycles. The van der Waals surface area contributed by atoms with Crippen LogP contribution in [0.4, 0.5) is 0 Å². The third-order valence-electron chi connectivity index (χ3n) is 7.09. The van der Waals surface area contributed by atoms with Gasteiger partial charge in [0.2, 0.25) is 0 Å². The summed E-state index contributed by atoms with van der Waals surface area (Å²) in [7, 11) is 0. The quantitative estimate of drug-likeness (QED) is 0.335. The van der Waals surface area contributed by atoms with Crippen LogP contribution in [-0.4, -0.2) is 23.8 Å². The van der Waals surface area contributed by atoms with Gasteiger partial charge < -0.3 is 14.6 Å². The van der Waals surface area contributed by atoms with Gasteiger partial charge in [0.05, 0.1) is 12.2 Å². The molecule has 3 rings (SSSR count). The average molecular weight is 499 g/mol. The summed E-state index contributed by atoms with van der Waals surface area (Å²) in [6.45, 7) is 14.5. The maximum Gasteiger partial charge on any atom is 0.341 e. The lowest BCUT2D eigenvalue weighted by atomic mass is 9.74. The first-order valence-corrected chi connectivity index (χ1v) is 13.0. The molecule has 1 saturated heterocycles. The number of aryl methyl sites for hydroxylation is 1. The third-order valence-corrected chi connectivity index (χ3v) is 7.34. The fraction of sp³-hybridized carbons (Fsp3) is 0.500. The van der Waals surface area contributed by atoms with Crippen LogP contribution in [0.2, 0.25) is 5.02 Å². The number of ether oxygens (including phenoxy) is 2. The molecule has 0 unspecified atom stereocenters. The number of hydrogen-bond acceptors (Lipinski definition) is 3. The van der Waals surface area contributed by atoms with E-state index in [0.717, 1.165) is 53.0 Å². The van der Waals surface area contributed by atoms with E-state index in [-0.39, 0.29) is 30.7 Å². The van der Waals surface area contributed by atoms with Gasteiger partial charge in [-0.3, -0.25) is 0 Å². The van der Waals surface area contributed by atoms with Gasteiger partial charge in [-0.15, -0.1) is 0 Å². The number of carbonyl (C=O) groups is 1. The number of carboxylic acids is 1. The molecule has 1 N–H and O–H groups in total. The Morgan fingerprint density at radius 3 is 2.51 bits per heavy atom. The Hall–Kier alpha value is -2.30. The van der Waals surface area contributed by atoms with Crippen molar-refractivity contribution in [3.63, 3.8) is 0 Å². The van der Waals surface area contributed by atoms with Crippen LogP contribution in [0.25, 0.3) is 0 Å². The first kappa shape index (κ1) is 27.3. The van der Waals surface area contributed by atoms with E-state index >= 15 is 0 Å². The molecule has 0 aliphatic carbocycles. The van der Waals surface area contributed by atoms with Gasteiger partial charge in [-0.05, 0) is 67.5 Å². The summed E-state index contributed by atoms with van der Waals surface area (Å²) in [6.07, 6.45) is 3.82. The highest BCUT2D eigenvalue weighted by molar-refractivity contribution is 6.30. The number of carboxylic acid groups (broad SMARTS) is 1. The maximum absolute atomic E-state index is 11.4. The van der Waals surface area contributed by atoms with Crippen molar-refractivity contribution in [1.82, 2.24) is 0 Å². The molecule has 0 amide bonds. The van der Waals surface area contributed by atoms with Gasteiger partial charge in [0.15, 0.2) is 6.61 Å². The lowest BCUT2D eigenvalue weighted by molar-refractivity contribution is -0.139. The molecular formula is C30H39ClO4. The Morgan fingerprint density at radius 2 is 1.94 bits per heavy atom. The molecule has 35 heavy (non-hydrogen) atoms. The van der Waals surface area contributed by atoms with Crippen LogP contribution in [0.1, 0.15) is 93.6 Å². The predicted octanol–water partition coefficient (Wildman–Crippen LogP) is 8.23. The molecule has 190 valence electrons. The van der Waals surface area contributed by atoms with Gasteiger partial charge in [-0.2, -0.15) is 0 Å². The van der Waals surface area contributed by atoms with Crippen molar-refractivity contribution >= 4 is 17.6 Å². The standard InChI is InChI=1S/C30H39ClO4/c1-7-8-9-26-25(21-10-12-23(31)13-11-21)16-24(19(4)5)30(35-26)29-20(6)14-22(18(2)3)15-27(29)34-17-28(32)33/h10-15,18,24-26,30H,4,7-9,16-17H2,1-3,5-6H3,(H,32,33)/t24-,25-,26+,30+/m0/s1. The number of rotatable bonds is 10. The first-order valence-electron chi connectivity index (χ1n) is 12.7. The molecule has 0 spiro atoms. The van der Waals surface area contributed by atoms with E-state index in [4.69, 9.17) is 21.1 Å². The first-order chi connectivity index (χ1) is 16.6. The number of benzene rings is 2.